The third kappa shape index (κ3) is 4.67. The Morgan fingerprint density at radius 3 is 2.37 bits per heavy atom. The smallest absolute Gasteiger partial charge is 0.338 e. The van der Waals surface area contributed by atoms with Crippen LogP contribution in [0.1, 0.15) is 55.1 Å². The molecule has 0 aliphatic carbocycles. The van der Waals surface area contributed by atoms with Gasteiger partial charge in [-0.25, -0.2) is 9.18 Å². The second-order valence-electron chi connectivity index (χ2n) is 8.36. The number of rotatable bonds is 6. The van der Waals surface area contributed by atoms with E-state index in [1.54, 1.807) is 6.07 Å². The van der Waals surface area contributed by atoms with Crippen molar-refractivity contribution in [1.82, 2.24) is 4.90 Å². The van der Waals surface area contributed by atoms with Crippen LogP contribution >= 0.6 is 0 Å². The fourth-order valence-electron chi connectivity index (χ4n) is 4.86. The topological polar surface area (TPSA) is 32.8 Å². The number of benzene rings is 2. The summed E-state index contributed by atoms with van der Waals surface area (Å²) in [5.41, 5.74) is 3.19. The van der Waals surface area contributed by atoms with Gasteiger partial charge in [-0.3, -0.25) is 4.90 Å². The van der Waals surface area contributed by atoms with Gasteiger partial charge in [0.2, 0.25) is 0 Å². The number of halogens is 1. The largest absolute Gasteiger partial charge is 0.465 e. The molecule has 1 saturated heterocycles. The monoisotopic (exact) mass is 412 g/mol. The third-order valence-electron chi connectivity index (χ3n) is 6.41. The maximum Gasteiger partial charge on any atom is 0.338 e. The van der Waals surface area contributed by atoms with Crippen LogP contribution in [0.25, 0.3) is 0 Å². The van der Waals surface area contributed by atoms with Gasteiger partial charge in [0.1, 0.15) is 5.82 Å². The minimum Gasteiger partial charge on any atom is -0.465 e. The number of piperidine rings is 1. The van der Waals surface area contributed by atoms with E-state index < -0.39 is 11.8 Å². The zero-order valence-corrected chi connectivity index (χ0v) is 18.7. The maximum absolute atomic E-state index is 14.4. The van der Waals surface area contributed by atoms with Crippen molar-refractivity contribution in [3.63, 3.8) is 0 Å². The van der Waals surface area contributed by atoms with Crippen molar-refractivity contribution < 1.29 is 13.9 Å². The molecule has 0 amide bonds. The standard InChI is InChI=1S/C25H33FN2O2/c1-6-27(24-15-21(26)14-23(19(24)4)25(29)30-5)22-12-17(2)28(18(3)13-22)16-20-10-8-7-9-11-20/h7-11,14-15,17-18,22H,6,12-13,16H2,1-5H3/t17-,18+,22?. The fraction of sp³-hybridized carbons (Fsp3) is 0.480. The Hall–Kier alpha value is -2.40. The highest BCUT2D eigenvalue weighted by atomic mass is 19.1. The van der Waals surface area contributed by atoms with Crippen LogP contribution in [0.2, 0.25) is 0 Å². The molecule has 2 aromatic rings. The Labute approximate surface area is 179 Å². The molecular weight excluding hydrogens is 379 g/mol. The zero-order chi connectivity index (χ0) is 21.8. The number of carbonyl (C=O) groups is 1. The first-order valence-electron chi connectivity index (χ1n) is 10.8. The lowest BCUT2D eigenvalue weighted by Gasteiger charge is -2.47. The number of likely N-dealkylation sites (tertiary alicyclic amines) is 1. The molecule has 1 aliphatic heterocycles. The van der Waals surface area contributed by atoms with Crippen LogP contribution in [0.5, 0.6) is 0 Å². The lowest BCUT2D eigenvalue weighted by Crippen LogP contribution is -2.53. The first-order chi connectivity index (χ1) is 14.3. The minimum absolute atomic E-state index is 0.290. The molecule has 5 heteroatoms. The van der Waals surface area contributed by atoms with Crippen LogP contribution < -0.4 is 4.90 Å². The summed E-state index contributed by atoms with van der Waals surface area (Å²) in [5.74, 6) is -0.902. The molecule has 0 bridgehead atoms. The van der Waals surface area contributed by atoms with Crippen molar-refractivity contribution >= 4 is 11.7 Å². The number of methoxy groups -OCH3 is 1. The lowest BCUT2D eigenvalue weighted by atomic mass is 9.90. The van der Waals surface area contributed by atoms with Crippen LogP contribution in [0.4, 0.5) is 10.1 Å². The normalized spacial score (nSPS) is 22.0. The van der Waals surface area contributed by atoms with Gasteiger partial charge in [-0.2, -0.15) is 0 Å². The number of hydrogen-bond donors (Lipinski definition) is 0. The molecule has 1 heterocycles. The molecule has 3 rings (SSSR count). The molecule has 2 aromatic carbocycles. The van der Waals surface area contributed by atoms with Crippen molar-refractivity contribution in [2.24, 2.45) is 0 Å². The van der Waals surface area contributed by atoms with Gasteiger partial charge in [0.05, 0.1) is 12.7 Å². The van der Waals surface area contributed by atoms with Crippen LogP contribution in [-0.4, -0.2) is 42.6 Å². The molecule has 3 atom stereocenters. The molecule has 0 spiro atoms. The molecule has 0 saturated carbocycles. The summed E-state index contributed by atoms with van der Waals surface area (Å²) in [4.78, 5) is 16.9. The van der Waals surface area contributed by atoms with E-state index in [1.807, 2.05) is 13.0 Å². The Kier molecular flexibility index (Phi) is 7.14. The van der Waals surface area contributed by atoms with Crippen molar-refractivity contribution in [3.05, 3.63) is 65.0 Å². The number of ether oxygens (including phenoxy) is 1. The highest BCUT2D eigenvalue weighted by molar-refractivity contribution is 5.92. The molecule has 0 aromatic heterocycles. The summed E-state index contributed by atoms with van der Waals surface area (Å²) in [6, 6.07) is 14.5. The van der Waals surface area contributed by atoms with Crippen molar-refractivity contribution in [1.29, 1.82) is 0 Å². The van der Waals surface area contributed by atoms with Gasteiger partial charge in [0, 0.05) is 36.9 Å². The van der Waals surface area contributed by atoms with Gasteiger partial charge < -0.3 is 9.64 Å². The van der Waals surface area contributed by atoms with E-state index in [-0.39, 0.29) is 6.04 Å². The molecular formula is C25H33FN2O2. The quantitative estimate of drug-likeness (QED) is 0.612. The van der Waals surface area contributed by atoms with Crippen LogP contribution in [0.15, 0.2) is 42.5 Å². The summed E-state index contributed by atoms with van der Waals surface area (Å²) in [6.07, 6.45) is 1.99. The maximum atomic E-state index is 14.4. The Balaban J connectivity index is 1.83. The van der Waals surface area contributed by atoms with Crippen molar-refractivity contribution in [2.75, 3.05) is 18.6 Å². The number of esters is 1. The predicted molar refractivity (Wildman–Crippen MR) is 119 cm³/mol. The van der Waals surface area contributed by atoms with E-state index in [4.69, 9.17) is 4.74 Å². The number of nitrogens with zero attached hydrogens (tertiary/aromatic N) is 2. The fourth-order valence-corrected chi connectivity index (χ4v) is 4.86. The van der Waals surface area contributed by atoms with Gasteiger partial charge >= 0.3 is 5.97 Å². The van der Waals surface area contributed by atoms with E-state index in [1.165, 1.54) is 18.7 Å². The van der Waals surface area contributed by atoms with Crippen LogP contribution in [0, 0.1) is 12.7 Å². The minimum atomic E-state index is -0.497. The van der Waals surface area contributed by atoms with E-state index in [9.17, 15) is 9.18 Å². The lowest BCUT2D eigenvalue weighted by molar-refractivity contribution is 0.0599. The number of anilines is 1. The summed E-state index contributed by atoms with van der Waals surface area (Å²) in [7, 11) is 1.33. The van der Waals surface area contributed by atoms with Gasteiger partial charge in [0.15, 0.2) is 0 Å². The van der Waals surface area contributed by atoms with Crippen LogP contribution in [-0.2, 0) is 11.3 Å². The summed E-state index contributed by atoms with van der Waals surface area (Å²) in [5, 5.41) is 0. The third-order valence-corrected chi connectivity index (χ3v) is 6.41. The SMILES string of the molecule is CCN(c1cc(F)cc(C(=O)OC)c1C)C1C[C@@H](C)N(Cc2ccccc2)[C@@H](C)C1. The molecule has 30 heavy (non-hydrogen) atoms. The first kappa shape index (κ1) is 22.3. The van der Waals surface area contributed by atoms with E-state index in [0.29, 0.717) is 17.6 Å². The number of hydrogen-bond acceptors (Lipinski definition) is 4. The predicted octanol–water partition coefficient (Wildman–Crippen LogP) is 5.19. The average Bonchev–Trinajstić information content (AvgIpc) is 2.73. The van der Waals surface area contributed by atoms with Gasteiger partial charge in [-0.1, -0.05) is 30.3 Å². The van der Waals surface area contributed by atoms with E-state index >= 15 is 0 Å². The van der Waals surface area contributed by atoms with Crippen molar-refractivity contribution in [3.8, 4) is 0 Å². The molecule has 0 N–H and O–H groups in total. The molecule has 0 radical (unpaired) electrons. The van der Waals surface area contributed by atoms with Gasteiger partial charge in [-0.05, 0) is 63.8 Å². The second kappa shape index (κ2) is 9.61. The van der Waals surface area contributed by atoms with Gasteiger partial charge in [-0.15, -0.1) is 0 Å². The Bertz CT molecular complexity index is 859. The summed E-state index contributed by atoms with van der Waals surface area (Å²) in [6.45, 7) is 10.2. The second-order valence-corrected chi connectivity index (χ2v) is 8.36. The molecule has 162 valence electrons. The van der Waals surface area contributed by atoms with Crippen molar-refractivity contribution in [2.45, 2.75) is 65.2 Å². The summed E-state index contributed by atoms with van der Waals surface area (Å²) >= 11 is 0. The average molecular weight is 413 g/mol. The van der Waals surface area contributed by atoms with Gasteiger partial charge in [0.25, 0.3) is 0 Å². The van der Waals surface area contributed by atoms with E-state index in [2.05, 4.69) is 54.8 Å². The first-order valence-corrected chi connectivity index (χ1v) is 10.8. The highest BCUT2D eigenvalue weighted by Crippen LogP contribution is 2.34. The Morgan fingerprint density at radius 1 is 1.17 bits per heavy atom. The molecule has 1 aliphatic rings. The van der Waals surface area contributed by atoms with E-state index in [0.717, 1.165) is 37.2 Å². The highest BCUT2D eigenvalue weighted by Gasteiger charge is 2.34. The number of carbonyl (C=O) groups excluding carboxylic acids is 1. The molecule has 1 fully saturated rings. The molecule has 1 unspecified atom stereocenters. The molecule has 4 nitrogen and oxygen atoms in total. The van der Waals surface area contributed by atoms with Crippen LogP contribution in [0.3, 0.4) is 0 Å². The zero-order valence-electron chi connectivity index (χ0n) is 18.7. The Morgan fingerprint density at radius 2 is 1.80 bits per heavy atom. The summed E-state index contributed by atoms with van der Waals surface area (Å²) < 4.78 is 19.2.